The third-order valence-electron chi connectivity index (χ3n) is 4.12. The number of rotatable bonds is 3. The fraction of sp³-hybridized carbons (Fsp3) is 0.562. The van der Waals surface area contributed by atoms with Crippen LogP contribution in [0.3, 0.4) is 0 Å². The van der Waals surface area contributed by atoms with Crippen molar-refractivity contribution in [2.24, 2.45) is 5.92 Å². The molecule has 1 aliphatic rings. The van der Waals surface area contributed by atoms with E-state index in [1.807, 2.05) is 30.0 Å². The summed E-state index contributed by atoms with van der Waals surface area (Å²) in [5, 5.41) is 0. The van der Waals surface area contributed by atoms with Crippen LogP contribution in [0.25, 0.3) is 0 Å². The van der Waals surface area contributed by atoms with Crippen LogP contribution in [0.1, 0.15) is 48.5 Å². The molecule has 0 aliphatic carbocycles. The molecule has 1 aromatic carbocycles. The third-order valence-corrected chi connectivity index (χ3v) is 4.12. The van der Waals surface area contributed by atoms with E-state index < -0.39 is 0 Å². The number of nitrogens with zero attached hydrogens (tertiary/aromatic N) is 1. The molecule has 0 atom stereocenters. The molecule has 0 unspecified atom stereocenters. The van der Waals surface area contributed by atoms with Gasteiger partial charge in [0, 0.05) is 18.8 Å². The Hall–Kier alpha value is -1.51. The summed E-state index contributed by atoms with van der Waals surface area (Å²) in [4.78, 5) is 14.5. The van der Waals surface area contributed by atoms with E-state index in [0.29, 0.717) is 11.3 Å². The second kappa shape index (κ2) is 6.09. The van der Waals surface area contributed by atoms with Gasteiger partial charge in [0.2, 0.25) is 0 Å². The zero-order valence-corrected chi connectivity index (χ0v) is 12.0. The first kappa shape index (κ1) is 13.9. The van der Waals surface area contributed by atoms with Gasteiger partial charge in [-0.3, -0.25) is 4.79 Å². The summed E-state index contributed by atoms with van der Waals surface area (Å²) < 4.78 is 0. The van der Waals surface area contributed by atoms with Crippen molar-refractivity contribution in [3.05, 3.63) is 29.3 Å². The summed E-state index contributed by atoms with van der Waals surface area (Å²) in [6.45, 7) is 5.92. The molecule has 2 N–H and O–H groups in total. The maximum absolute atomic E-state index is 12.6. The Bertz CT molecular complexity index is 428. The van der Waals surface area contributed by atoms with E-state index in [4.69, 9.17) is 5.73 Å². The average molecular weight is 260 g/mol. The number of hydrogen-bond donors (Lipinski definition) is 1. The standard InChI is InChI=1S/C16H24N2O/c1-3-5-13-8-10-18(11-9-13)16(19)15-12(2)6-4-7-14(15)17/h4,6-7,13H,3,5,8-11,17H2,1-2H3. The van der Waals surface area contributed by atoms with Crippen LogP contribution in [0.15, 0.2) is 18.2 Å². The molecule has 0 saturated carbocycles. The molecule has 2 rings (SSSR count). The monoisotopic (exact) mass is 260 g/mol. The molecule has 1 saturated heterocycles. The van der Waals surface area contributed by atoms with Gasteiger partial charge >= 0.3 is 0 Å². The van der Waals surface area contributed by atoms with E-state index in [9.17, 15) is 4.79 Å². The van der Waals surface area contributed by atoms with Gasteiger partial charge in [-0.15, -0.1) is 0 Å². The van der Waals surface area contributed by atoms with Crippen molar-refractivity contribution in [2.45, 2.75) is 39.5 Å². The highest BCUT2D eigenvalue weighted by Gasteiger charge is 2.25. The van der Waals surface area contributed by atoms with Crippen molar-refractivity contribution < 1.29 is 4.79 Å². The summed E-state index contributed by atoms with van der Waals surface area (Å²) in [5.74, 6) is 0.897. The van der Waals surface area contributed by atoms with E-state index in [1.165, 1.54) is 12.8 Å². The predicted molar refractivity (Wildman–Crippen MR) is 79.1 cm³/mol. The van der Waals surface area contributed by atoms with Gasteiger partial charge in [0.05, 0.1) is 5.56 Å². The van der Waals surface area contributed by atoms with Gasteiger partial charge in [-0.2, -0.15) is 0 Å². The average Bonchev–Trinajstić information content (AvgIpc) is 2.39. The van der Waals surface area contributed by atoms with Crippen molar-refractivity contribution in [1.29, 1.82) is 0 Å². The van der Waals surface area contributed by atoms with Gasteiger partial charge in [0.1, 0.15) is 0 Å². The van der Waals surface area contributed by atoms with Crippen LogP contribution >= 0.6 is 0 Å². The van der Waals surface area contributed by atoms with E-state index >= 15 is 0 Å². The summed E-state index contributed by atoms with van der Waals surface area (Å²) in [5.41, 5.74) is 8.22. The molecule has 1 aromatic rings. The Morgan fingerprint density at radius 2 is 2.05 bits per heavy atom. The summed E-state index contributed by atoms with van der Waals surface area (Å²) >= 11 is 0. The van der Waals surface area contributed by atoms with Gasteiger partial charge in [-0.1, -0.05) is 31.9 Å². The molecular formula is C16H24N2O. The lowest BCUT2D eigenvalue weighted by Crippen LogP contribution is -2.39. The van der Waals surface area contributed by atoms with Gasteiger partial charge in [0.25, 0.3) is 5.91 Å². The number of nitrogen functional groups attached to an aromatic ring is 1. The van der Waals surface area contributed by atoms with Crippen LogP contribution in [0, 0.1) is 12.8 Å². The van der Waals surface area contributed by atoms with E-state index in [-0.39, 0.29) is 5.91 Å². The van der Waals surface area contributed by atoms with Crippen LogP contribution < -0.4 is 5.73 Å². The number of benzene rings is 1. The fourth-order valence-electron chi connectivity index (χ4n) is 2.97. The van der Waals surface area contributed by atoms with E-state index in [0.717, 1.165) is 37.4 Å². The summed E-state index contributed by atoms with van der Waals surface area (Å²) in [7, 11) is 0. The lowest BCUT2D eigenvalue weighted by molar-refractivity contribution is 0.0687. The minimum Gasteiger partial charge on any atom is -0.398 e. The second-order valence-corrected chi connectivity index (χ2v) is 5.56. The van der Waals surface area contributed by atoms with Gasteiger partial charge in [-0.05, 0) is 37.3 Å². The summed E-state index contributed by atoms with van der Waals surface area (Å²) in [6.07, 6.45) is 4.79. The molecule has 1 fully saturated rings. The first-order valence-corrected chi connectivity index (χ1v) is 7.27. The predicted octanol–water partition coefficient (Wildman–Crippen LogP) is 3.23. The zero-order valence-electron chi connectivity index (χ0n) is 12.0. The van der Waals surface area contributed by atoms with Crippen LogP contribution in [-0.4, -0.2) is 23.9 Å². The smallest absolute Gasteiger partial charge is 0.256 e. The largest absolute Gasteiger partial charge is 0.398 e. The van der Waals surface area contributed by atoms with E-state index in [2.05, 4.69) is 6.92 Å². The number of hydrogen-bond acceptors (Lipinski definition) is 2. The van der Waals surface area contributed by atoms with Crippen LogP contribution in [0.4, 0.5) is 5.69 Å². The van der Waals surface area contributed by atoms with Gasteiger partial charge < -0.3 is 10.6 Å². The van der Waals surface area contributed by atoms with Crippen molar-refractivity contribution >= 4 is 11.6 Å². The number of aryl methyl sites for hydroxylation is 1. The Labute approximate surface area is 115 Å². The fourth-order valence-corrected chi connectivity index (χ4v) is 2.97. The number of piperidine rings is 1. The number of amides is 1. The number of nitrogens with two attached hydrogens (primary N) is 1. The van der Waals surface area contributed by atoms with Crippen molar-refractivity contribution in [1.82, 2.24) is 4.90 Å². The molecule has 0 radical (unpaired) electrons. The molecule has 1 amide bonds. The normalized spacial score (nSPS) is 16.6. The molecule has 3 nitrogen and oxygen atoms in total. The highest BCUT2D eigenvalue weighted by atomic mass is 16.2. The van der Waals surface area contributed by atoms with Gasteiger partial charge in [0.15, 0.2) is 0 Å². The minimum atomic E-state index is 0.102. The Morgan fingerprint density at radius 3 is 2.63 bits per heavy atom. The van der Waals surface area contributed by atoms with Crippen molar-refractivity contribution in [3.63, 3.8) is 0 Å². The molecule has 1 heterocycles. The second-order valence-electron chi connectivity index (χ2n) is 5.56. The molecule has 0 bridgehead atoms. The molecule has 1 aliphatic heterocycles. The van der Waals surface area contributed by atoms with Gasteiger partial charge in [-0.25, -0.2) is 0 Å². The maximum atomic E-state index is 12.6. The van der Waals surface area contributed by atoms with Crippen LogP contribution in [-0.2, 0) is 0 Å². The SMILES string of the molecule is CCCC1CCN(C(=O)c2c(C)cccc2N)CC1. The third kappa shape index (κ3) is 3.09. The molecule has 3 heteroatoms. The maximum Gasteiger partial charge on any atom is 0.256 e. The first-order valence-electron chi connectivity index (χ1n) is 7.27. The highest BCUT2D eigenvalue weighted by Crippen LogP contribution is 2.25. The minimum absolute atomic E-state index is 0.102. The zero-order chi connectivity index (χ0) is 13.8. The molecule has 0 aromatic heterocycles. The number of carbonyl (C=O) groups excluding carboxylic acids is 1. The van der Waals surface area contributed by atoms with Crippen molar-refractivity contribution in [2.75, 3.05) is 18.8 Å². The quantitative estimate of drug-likeness (QED) is 0.848. The Kier molecular flexibility index (Phi) is 4.46. The van der Waals surface area contributed by atoms with Crippen molar-refractivity contribution in [3.8, 4) is 0 Å². The number of carbonyl (C=O) groups is 1. The van der Waals surface area contributed by atoms with Crippen LogP contribution in [0.2, 0.25) is 0 Å². The lowest BCUT2D eigenvalue weighted by Gasteiger charge is -2.32. The number of likely N-dealkylation sites (tertiary alicyclic amines) is 1. The van der Waals surface area contributed by atoms with E-state index in [1.54, 1.807) is 0 Å². The topological polar surface area (TPSA) is 46.3 Å². The molecule has 0 spiro atoms. The highest BCUT2D eigenvalue weighted by molar-refractivity contribution is 6.00. The molecule has 19 heavy (non-hydrogen) atoms. The Morgan fingerprint density at radius 1 is 1.37 bits per heavy atom. The van der Waals surface area contributed by atoms with Crippen LogP contribution in [0.5, 0.6) is 0 Å². The molecular weight excluding hydrogens is 236 g/mol. The lowest BCUT2D eigenvalue weighted by atomic mass is 9.92. The summed E-state index contributed by atoms with van der Waals surface area (Å²) in [6, 6.07) is 5.66. The number of anilines is 1. The Balaban J connectivity index is 2.05. The molecule has 104 valence electrons. The first-order chi connectivity index (χ1) is 9.13.